The maximum Gasteiger partial charge on any atom is 0.227 e. The van der Waals surface area contributed by atoms with Crippen molar-refractivity contribution in [2.75, 3.05) is 5.32 Å². The van der Waals surface area contributed by atoms with Crippen LogP contribution in [0.4, 0.5) is 10.1 Å². The zero-order valence-corrected chi connectivity index (χ0v) is 9.40. The Balaban J connectivity index is 2.22. The van der Waals surface area contributed by atoms with Crippen LogP contribution in [0.1, 0.15) is 25.3 Å². The van der Waals surface area contributed by atoms with E-state index in [0.717, 1.165) is 12.8 Å². The molecule has 1 saturated carbocycles. The lowest BCUT2D eigenvalue weighted by molar-refractivity contribution is -0.117. The van der Waals surface area contributed by atoms with Gasteiger partial charge in [-0.05, 0) is 38.0 Å². The van der Waals surface area contributed by atoms with Gasteiger partial charge in [0.2, 0.25) is 5.91 Å². The molecule has 1 aromatic rings. The molecular formula is C12H13FN2O2. The largest absolute Gasteiger partial charge is 0.411 e. The average molecular weight is 236 g/mol. The number of carbonyl (C=O) groups excluding carboxylic acids is 1. The standard InChI is InChI=1S/C12H13FN2O2/c1-7(15-17)9-4-5-10(13)11(6-9)14-12(16)8-2-3-8/h4-6,8,17H,2-3H2,1H3,(H,14,16)/b15-7-. The molecule has 0 bridgehead atoms. The van der Waals surface area contributed by atoms with Crippen molar-refractivity contribution >= 4 is 17.3 Å². The van der Waals surface area contributed by atoms with Gasteiger partial charge in [-0.1, -0.05) is 5.16 Å². The zero-order chi connectivity index (χ0) is 12.4. The summed E-state index contributed by atoms with van der Waals surface area (Å²) in [7, 11) is 0. The molecule has 2 N–H and O–H groups in total. The van der Waals surface area contributed by atoms with Crippen molar-refractivity contribution in [2.45, 2.75) is 19.8 Å². The van der Waals surface area contributed by atoms with Gasteiger partial charge in [0, 0.05) is 11.5 Å². The summed E-state index contributed by atoms with van der Waals surface area (Å²) in [6.07, 6.45) is 1.73. The van der Waals surface area contributed by atoms with Gasteiger partial charge in [0.15, 0.2) is 0 Å². The number of rotatable bonds is 3. The second-order valence-corrected chi connectivity index (χ2v) is 4.14. The van der Waals surface area contributed by atoms with Gasteiger partial charge >= 0.3 is 0 Å². The monoisotopic (exact) mass is 236 g/mol. The third-order valence-electron chi connectivity index (χ3n) is 2.74. The molecule has 5 heteroatoms. The molecule has 0 aliphatic heterocycles. The van der Waals surface area contributed by atoms with Gasteiger partial charge in [0.1, 0.15) is 5.82 Å². The fraction of sp³-hybridized carbons (Fsp3) is 0.333. The first-order valence-corrected chi connectivity index (χ1v) is 5.41. The number of amides is 1. The summed E-state index contributed by atoms with van der Waals surface area (Å²) >= 11 is 0. The topological polar surface area (TPSA) is 61.7 Å². The first-order valence-electron chi connectivity index (χ1n) is 5.41. The SMILES string of the molecule is C/C(=N/O)c1ccc(F)c(NC(=O)C2CC2)c1. The third-order valence-corrected chi connectivity index (χ3v) is 2.74. The molecule has 1 aromatic carbocycles. The van der Waals surface area contributed by atoms with Crippen LogP contribution in [0.3, 0.4) is 0 Å². The van der Waals surface area contributed by atoms with E-state index >= 15 is 0 Å². The lowest BCUT2D eigenvalue weighted by atomic mass is 10.1. The van der Waals surface area contributed by atoms with Crippen molar-refractivity contribution in [3.63, 3.8) is 0 Å². The number of hydrogen-bond acceptors (Lipinski definition) is 3. The van der Waals surface area contributed by atoms with Crippen LogP contribution in [0.5, 0.6) is 0 Å². The van der Waals surface area contributed by atoms with Gasteiger partial charge in [-0.2, -0.15) is 0 Å². The molecule has 90 valence electrons. The maximum atomic E-state index is 13.5. The molecule has 0 heterocycles. The first kappa shape index (κ1) is 11.6. The summed E-state index contributed by atoms with van der Waals surface area (Å²) in [5.41, 5.74) is 1.06. The number of nitrogens with one attached hydrogen (secondary N) is 1. The van der Waals surface area contributed by atoms with Crippen LogP contribution in [0, 0.1) is 11.7 Å². The Morgan fingerprint density at radius 1 is 1.53 bits per heavy atom. The van der Waals surface area contributed by atoms with Crippen LogP contribution >= 0.6 is 0 Å². The van der Waals surface area contributed by atoms with E-state index in [0.29, 0.717) is 11.3 Å². The van der Waals surface area contributed by atoms with E-state index in [-0.39, 0.29) is 17.5 Å². The van der Waals surface area contributed by atoms with E-state index in [4.69, 9.17) is 5.21 Å². The second-order valence-electron chi connectivity index (χ2n) is 4.14. The fourth-order valence-electron chi connectivity index (χ4n) is 1.48. The van der Waals surface area contributed by atoms with E-state index < -0.39 is 5.82 Å². The smallest absolute Gasteiger partial charge is 0.227 e. The van der Waals surface area contributed by atoms with Gasteiger partial charge in [-0.3, -0.25) is 4.79 Å². The molecule has 4 nitrogen and oxygen atoms in total. The lowest BCUT2D eigenvalue weighted by Crippen LogP contribution is -2.14. The predicted octanol–water partition coefficient (Wildman–Crippen LogP) is 2.37. The normalized spacial score (nSPS) is 15.8. The van der Waals surface area contributed by atoms with Crippen LogP contribution in [-0.4, -0.2) is 16.8 Å². The van der Waals surface area contributed by atoms with Crippen molar-refractivity contribution in [1.82, 2.24) is 0 Å². The molecule has 1 fully saturated rings. The molecule has 0 atom stereocenters. The molecule has 1 amide bonds. The quantitative estimate of drug-likeness (QED) is 0.481. The summed E-state index contributed by atoms with van der Waals surface area (Å²) in [4.78, 5) is 11.5. The van der Waals surface area contributed by atoms with Gasteiger partial charge in [-0.15, -0.1) is 0 Å². The van der Waals surface area contributed by atoms with Crippen LogP contribution < -0.4 is 5.32 Å². The van der Waals surface area contributed by atoms with Crippen LogP contribution in [0.2, 0.25) is 0 Å². The number of anilines is 1. The summed E-state index contributed by atoms with van der Waals surface area (Å²) in [6.45, 7) is 1.60. The van der Waals surface area contributed by atoms with Crippen molar-refractivity contribution in [1.29, 1.82) is 0 Å². The summed E-state index contributed by atoms with van der Waals surface area (Å²) in [5, 5.41) is 14.2. The molecule has 1 aliphatic rings. The molecule has 1 aliphatic carbocycles. The van der Waals surface area contributed by atoms with Gasteiger partial charge in [0.05, 0.1) is 11.4 Å². The zero-order valence-electron chi connectivity index (χ0n) is 9.40. The van der Waals surface area contributed by atoms with Crippen molar-refractivity contribution < 1.29 is 14.4 Å². The van der Waals surface area contributed by atoms with Crippen LogP contribution in [0.25, 0.3) is 0 Å². The third kappa shape index (κ3) is 2.61. The van der Waals surface area contributed by atoms with Crippen LogP contribution in [-0.2, 0) is 4.79 Å². The van der Waals surface area contributed by atoms with E-state index in [2.05, 4.69) is 10.5 Å². The lowest BCUT2D eigenvalue weighted by Gasteiger charge is -2.07. The summed E-state index contributed by atoms with van der Waals surface area (Å²) in [6, 6.07) is 4.20. The highest BCUT2D eigenvalue weighted by molar-refractivity contribution is 6.00. The summed E-state index contributed by atoms with van der Waals surface area (Å²) < 4.78 is 13.5. The number of carbonyl (C=O) groups is 1. The second kappa shape index (κ2) is 4.53. The van der Waals surface area contributed by atoms with Gasteiger partial charge in [-0.25, -0.2) is 4.39 Å². The molecule has 2 rings (SSSR count). The van der Waals surface area contributed by atoms with Crippen molar-refractivity contribution in [3.05, 3.63) is 29.6 Å². The van der Waals surface area contributed by atoms with E-state index in [1.54, 1.807) is 6.92 Å². The molecule has 0 unspecified atom stereocenters. The van der Waals surface area contributed by atoms with E-state index in [1.165, 1.54) is 18.2 Å². The highest BCUT2D eigenvalue weighted by atomic mass is 19.1. The Kier molecular flexibility index (Phi) is 3.08. The highest BCUT2D eigenvalue weighted by Crippen LogP contribution is 2.30. The Morgan fingerprint density at radius 2 is 2.24 bits per heavy atom. The fourth-order valence-corrected chi connectivity index (χ4v) is 1.48. The number of oxime groups is 1. The number of nitrogens with zero attached hydrogens (tertiary/aromatic N) is 1. The highest BCUT2D eigenvalue weighted by Gasteiger charge is 2.30. The molecule has 0 aromatic heterocycles. The predicted molar refractivity (Wildman–Crippen MR) is 61.8 cm³/mol. The summed E-state index contributed by atoms with van der Waals surface area (Å²) in [5.74, 6) is -0.626. The maximum absolute atomic E-state index is 13.5. The molecular weight excluding hydrogens is 223 g/mol. The average Bonchev–Trinajstić information content (AvgIpc) is 3.14. The van der Waals surface area contributed by atoms with Crippen molar-refractivity contribution in [3.8, 4) is 0 Å². The van der Waals surface area contributed by atoms with Crippen LogP contribution in [0.15, 0.2) is 23.4 Å². The Labute approximate surface area is 98.1 Å². The molecule has 17 heavy (non-hydrogen) atoms. The van der Waals surface area contributed by atoms with E-state index in [9.17, 15) is 9.18 Å². The Hall–Kier alpha value is -1.91. The molecule has 0 radical (unpaired) electrons. The number of halogens is 1. The van der Waals surface area contributed by atoms with Gasteiger partial charge in [0.25, 0.3) is 0 Å². The Bertz CT molecular complexity index is 481. The van der Waals surface area contributed by atoms with E-state index in [1.807, 2.05) is 0 Å². The molecule has 0 spiro atoms. The first-order chi connectivity index (χ1) is 8.11. The van der Waals surface area contributed by atoms with Gasteiger partial charge < -0.3 is 10.5 Å². The molecule has 0 saturated heterocycles. The minimum absolute atomic E-state index is 0.0191. The minimum atomic E-state index is -0.492. The minimum Gasteiger partial charge on any atom is -0.411 e. The van der Waals surface area contributed by atoms with Crippen molar-refractivity contribution in [2.24, 2.45) is 11.1 Å². The number of hydrogen-bond donors (Lipinski definition) is 2. The number of benzene rings is 1. The Morgan fingerprint density at radius 3 is 2.82 bits per heavy atom.